The molecule has 1 unspecified atom stereocenters. The van der Waals surface area contributed by atoms with E-state index in [0.717, 1.165) is 12.1 Å². The number of nitrogens with one attached hydrogen (secondary N) is 1. The highest BCUT2D eigenvalue weighted by atomic mass is 19.3. The fourth-order valence-corrected chi connectivity index (χ4v) is 1.93. The van der Waals surface area contributed by atoms with Crippen molar-refractivity contribution in [2.45, 2.75) is 32.9 Å². The maximum atomic E-state index is 12.4. The van der Waals surface area contributed by atoms with Crippen LogP contribution in [0.5, 0.6) is 0 Å². The lowest BCUT2D eigenvalue weighted by atomic mass is 10.0. The van der Waals surface area contributed by atoms with Gasteiger partial charge in [0.15, 0.2) is 0 Å². The van der Waals surface area contributed by atoms with E-state index in [-0.39, 0.29) is 5.56 Å². The van der Waals surface area contributed by atoms with Gasteiger partial charge in [0, 0.05) is 24.7 Å². The first-order valence-corrected chi connectivity index (χ1v) is 6.65. The van der Waals surface area contributed by atoms with Crippen molar-refractivity contribution in [1.29, 1.82) is 0 Å². The van der Waals surface area contributed by atoms with Crippen LogP contribution in [0, 0.1) is 5.92 Å². The van der Waals surface area contributed by atoms with Crippen molar-refractivity contribution in [1.82, 2.24) is 10.2 Å². The van der Waals surface area contributed by atoms with Gasteiger partial charge in [-0.2, -0.15) is 0 Å². The zero-order valence-corrected chi connectivity index (χ0v) is 12.2. The Morgan fingerprint density at radius 3 is 2.11 bits per heavy atom. The average Bonchev–Trinajstić information content (AvgIpc) is 2.34. The average molecular weight is 270 g/mol. The molecule has 4 heteroatoms. The molecular weight excluding hydrogens is 246 g/mol. The Morgan fingerprint density at radius 1 is 1.11 bits per heavy atom. The van der Waals surface area contributed by atoms with Gasteiger partial charge in [-0.15, -0.1) is 0 Å². The molecule has 1 aromatic carbocycles. The van der Waals surface area contributed by atoms with E-state index in [2.05, 4.69) is 38.2 Å². The summed E-state index contributed by atoms with van der Waals surface area (Å²) < 4.78 is 24.9. The highest BCUT2D eigenvalue weighted by Gasteiger charge is 2.13. The van der Waals surface area contributed by atoms with E-state index in [4.69, 9.17) is 0 Å². The van der Waals surface area contributed by atoms with Gasteiger partial charge in [0.05, 0.1) is 0 Å². The SMILES string of the molecule is CC(C)C(CN(C)C)NCc1ccc(C(F)F)cc1. The van der Waals surface area contributed by atoms with Crippen LogP contribution in [-0.4, -0.2) is 31.6 Å². The molecule has 19 heavy (non-hydrogen) atoms. The minimum absolute atomic E-state index is 0.0810. The summed E-state index contributed by atoms with van der Waals surface area (Å²) in [5.74, 6) is 0.530. The van der Waals surface area contributed by atoms with Gasteiger partial charge in [0.1, 0.15) is 0 Å². The molecule has 2 nitrogen and oxygen atoms in total. The van der Waals surface area contributed by atoms with Crippen molar-refractivity contribution in [3.63, 3.8) is 0 Å². The molecule has 0 aliphatic heterocycles. The monoisotopic (exact) mass is 270 g/mol. The fourth-order valence-electron chi connectivity index (χ4n) is 1.93. The molecule has 0 radical (unpaired) electrons. The standard InChI is InChI=1S/C15H24F2N2/c1-11(2)14(10-19(3)4)18-9-12-5-7-13(8-6-12)15(16)17/h5-8,11,14-15,18H,9-10H2,1-4H3. The predicted molar refractivity (Wildman–Crippen MR) is 75.4 cm³/mol. The molecule has 1 atom stereocenters. The maximum absolute atomic E-state index is 12.4. The molecule has 0 saturated carbocycles. The Labute approximate surface area is 114 Å². The third-order valence-electron chi connectivity index (χ3n) is 3.17. The van der Waals surface area contributed by atoms with Crippen molar-refractivity contribution >= 4 is 0 Å². The predicted octanol–water partition coefficient (Wildman–Crippen LogP) is 3.30. The summed E-state index contributed by atoms with van der Waals surface area (Å²) in [5.41, 5.74) is 1.12. The Balaban J connectivity index is 2.54. The largest absolute Gasteiger partial charge is 0.308 e. The molecular formula is C15H24F2N2. The van der Waals surface area contributed by atoms with Crippen LogP contribution in [0.2, 0.25) is 0 Å². The Bertz CT molecular complexity index is 361. The van der Waals surface area contributed by atoms with Gasteiger partial charge in [-0.1, -0.05) is 38.1 Å². The highest BCUT2D eigenvalue weighted by Crippen LogP contribution is 2.18. The molecule has 0 fully saturated rings. The zero-order valence-electron chi connectivity index (χ0n) is 12.2. The summed E-state index contributed by atoms with van der Waals surface area (Å²) in [6.07, 6.45) is -2.39. The molecule has 0 spiro atoms. The van der Waals surface area contributed by atoms with E-state index in [1.54, 1.807) is 12.1 Å². The molecule has 1 rings (SSSR count). The summed E-state index contributed by atoms with van der Waals surface area (Å²) >= 11 is 0. The lowest BCUT2D eigenvalue weighted by Gasteiger charge is -2.25. The van der Waals surface area contributed by atoms with Crippen LogP contribution in [0.25, 0.3) is 0 Å². The number of alkyl halides is 2. The van der Waals surface area contributed by atoms with E-state index >= 15 is 0 Å². The van der Waals surface area contributed by atoms with Crippen molar-refractivity contribution < 1.29 is 8.78 Å². The first kappa shape index (κ1) is 16.1. The number of halogens is 2. The first-order chi connectivity index (χ1) is 8.90. The maximum Gasteiger partial charge on any atom is 0.263 e. The number of nitrogens with zero attached hydrogens (tertiary/aromatic N) is 1. The van der Waals surface area contributed by atoms with Gasteiger partial charge in [-0.05, 0) is 25.6 Å². The third kappa shape index (κ3) is 5.66. The molecule has 0 bridgehead atoms. The van der Waals surface area contributed by atoms with Crippen LogP contribution in [-0.2, 0) is 6.54 Å². The summed E-state index contributed by atoms with van der Waals surface area (Å²) in [5, 5.41) is 3.49. The van der Waals surface area contributed by atoms with Crippen LogP contribution in [0.4, 0.5) is 8.78 Å². The van der Waals surface area contributed by atoms with E-state index in [9.17, 15) is 8.78 Å². The Hall–Kier alpha value is -1.00. The summed E-state index contributed by atoms with van der Waals surface area (Å²) in [6.45, 7) is 6.04. The fraction of sp³-hybridized carbons (Fsp3) is 0.600. The van der Waals surface area contributed by atoms with Crippen LogP contribution in [0.1, 0.15) is 31.4 Å². The van der Waals surface area contributed by atoms with Crippen molar-refractivity contribution in [2.24, 2.45) is 5.92 Å². The molecule has 108 valence electrons. The van der Waals surface area contributed by atoms with E-state index in [1.807, 2.05) is 0 Å². The van der Waals surface area contributed by atoms with Crippen molar-refractivity contribution in [2.75, 3.05) is 20.6 Å². The smallest absolute Gasteiger partial charge is 0.263 e. The minimum atomic E-state index is -2.39. The van der Waals surface area contributed by atoms with Crippen molar-refractivity contribution in [3.8, 4) is 0 Å². The Kier molecular flexibility index (Phi) is 6.38. The lowest BCUT2D eigenvalue weighted by Crippen LogP contribution is -2.41. The van der Waals surface area contributed by atoms with Crippen LogP contribution in [0.3, 0.4) is 0 Å². The second-order valence-corrected chi connectivity index (χ2v) is 5.54. The summed E-state index contributed by atoms with van der Waals surface area (Å²) in [7, 11) is 4.10. The number of rotatable bonds is 7. The minimum Gasteiger partial charge on any atom is -0.308 e. The number of likely N-dealkylation sites (N-methyl/N-ethyl adjacent to an activating group) is 1. The van der Waals surface area contributed by atoms with E-state index in [1.165, 1.54) is 12.1 Å². The van der Waals surface area contributed by atoms with Gasteiger partial charge >= 0.3 is 0 Å². The quantitative estimate of drug-likeness (QED) is 0.818. The van der Waals surface area contributed by atoms with Gasteiger partial charge < -0.3 is 10.2 Å². The van der Waals surface area contributed by atoms with Gasteiger partial charge in [-0.25, -0.2) is 8.78 Å². The second-order valence-electron chi connectivity index (χ2n) is 5.54. The normalized spacial score (nSPS) is 13.5. The van der Waals surface area contributed by atoms with Crippen LogP contribution in [0.15, 0.2) is 24.3 Å². The third-order valence-corrected chi connectivity index (χ3v) is 3.17. The molecule has 0 saturated heterocycles. The number of hydrogen-bond donors (Lipinski definition) is 1. The van der Waals surface area contributed by atoms with Gasteiger partial charge in [0.2, 0.25) is 0 Å². The highest BCUT2D eigenvalue weighted by molar-refractivity contribution is 5.23. The Morgan fingerprint density at radius 2 is 1.68 bits per heavy atom. The van der Waals surface area contributed by atoms with Gasteiger partial charge in [-0.3, -0.25) is 0 Å². The van der Waals surface area contributed by atoms with Crippen LogP contribution < -0.4 is 5.32 Å². The van der Waals surface area contributed by atoms with Crippen molar-refractivity contribution in [3.05, 3.63) is 35.4 Å². The number of benzene rings is 1. The molecule has 0 heterocycles. The molecule has 1 aromatic rings. The molecule has 1 N–H and O–H groups in total. The zero-order chi connectivity index (χ0) is 14.4. The van der Waals surface area contributed by atoms with E-state index < -0.39 is 6.43 Å². The molecule has 0 aromatic heterocycles. The molecule has 0 aliphatic rings. The summed E-state index contributed by atoms with van der Waals surface area (Å²) in [4.78, 5) is 2.15. The lowest BCUT2D eigenvalue weighted by molar-refractivity contribution is 0.151. The topological polar surface area (TPSA) is 15.3 Å². The molecule has 0 amide bonds. The second kappa shape index (κ2) is 7.56. The van der Waals surface area contributed by atoms with E-state index in [0.29, 0.717) is 18.5 Å². The van der Waals surface area contributed by atoms with Crippen LogP contribution >= 0.6 is 0 Å². The summed E-state index contributed by atoms with van der Waals surface area (Å²) in [6, 6.07) is 6.92. The van der Waals surface area contributed by atoms with Gasteiger partial charge in [0.25, 0.3) is 6.43 Å². The first-order valence-electron chi connectivity index (χ1n) is 6.65. The molecule has 0 aliphatic carbocycles. The number of hydrogen-bond acceptors (Lipinski definition) is 2.